The number of sulfonamides is 1. The molecule has 4 rings (SSSR count). The summed E-state index contributed by atoms with van der Waals surface area (Å²) in [4.78, 5) is 13.6. The fourth-order valence-electron chi connectivity index (χ4n) is 2.47. The molecule has 0 bridgehead atoms. The van der Waals surface area contributed by atoms with Gasteiger partial charge in [0.15, 0.2) is 11.4 Å². The highest BCUT2D eigenvalue weighted by atomic mass is 32.2. The number of rotatable bonds is 4. The second-order valence-corrected chi connectivity index (χ2v) is 7.16. The summed E-state index contributed by atoms with van der Waals surface area (Å²) >= 11 is 0. The molecule has 0 saturated carbocycles. The molecule has 0 unspecified atom stereocenters. The third-order valence-electron chi connectivity index (χ3n) is 3.72. The number of benzene rings is 2. The van der Waals surface area contributed by atoms with Crippen molar-refractivity contribution in [3.05, 3.63) is 53.0 Å². The molecule has 0 amide bonds. The van der Waals surface area contributed by atoms with E-state index in [1.807, 2.05) is 0 Å². The number of hydrogen-bond acceptors (Lipinski definition) is 7. The molecule has 0 atom stereocenters. The number of anilines is 1. The van der Waals surface area contributed by atoms with Crippen molar-refractivity contribution in [2.75, 3.05) is 4.72 Å². The van der Waals surface area contributed by atoms with Gasteiger partial charge in [0.1, 0.15) is 0 Å². The van der Waals surface area contributed by atoms with Crippen LogP contribution in [0.4, 0.5) is 5.69 Å². The summed E-state index contributed by atoms with van der Waals surface area (Å²) in [5.41, 5.74) is 1.72. The minimum Gasteiger partial charge on any atom is -0.408 e. The molecule has 0 aliphatic rings. The molecule has 2 heterocycles. The van der Waals surface area contributed by atoms with Gasteiger partial charge in [0, 0.05) is 24.4 Å². The minimum atomic E-state index is -3.84. The number of aromatic nitrogens is 5. The second-order valence-electron chi connectivity index (χ2n) is 5.48. The average molecular weight is 372 g/mol. The topological polar surface area (TPSA) is 136 Å². The van der Waals surface area contributed by atoms with E-state index in [4.69, 9.17) is 4.42 Å². The van der Waals surface area contributed by atoms with E-state index in [0.717, 1.165) is 5.56 Å². The average Bonchev–Trinajstić information content (AvgIpc) is 3.19. The quantitative estimate of drug-likeness (QED) is 0.547. The van der Waals surface area contributed by atoms with E-state index in [-0.39, 0.29) is 10.5 Å². The maximum atomic E-state index is 12.5. The van der Waals surface area contributed by atoms with Crippen LogP contribution in [0.5, 0.6) is 0 Å². The number of aryl methyl sites for hydroxylation is 1. The lowest BCUT2D eigenvalue weighted by Gasteiger charge is -2.08. The van der Waals surface area contributed by atoms with E-state index in [9.17, 15) is 13.2 Å². The molecule has 0 fully saturated rings. The number of fused-ring (bicyclic) bond motifs is 1. The number of tetrazole rings is 1. The van der Waals surface area contributed by atoms with Crippen LogP contribution >= 0.6 is 0 Å². The molecule has 2 N–H and O–H groups in total. The Balaban J connectivity index is 1.62. The van der Waals surface area contributed by atoms with E-state index < -0.39 is 15.8 Å². The number of nitrogens with one attached hydrogen (secondary N) is 2. The monoisotopic (exact) mass is 372 g/mol. The molecule has 26 heavy (non-hydrogen) atoms. The van der Waals surface area contributed by atoms with Crippen molar-refractivity contribution in [1.29, 1.82) is 0 Å². The Kier molecular flexibility index (Phi) is 3.58. The molecule has 0 radical (unpaired) electrons. The fraction of sp³-hybridized carbons (Fsp3) is 0.0667. The first kappa shape index (κ1) is 16.0. The third kappa shape index (κ3) is 2.84. The van der Waals surface area contributed by atoms with Gasteiger partial charge in [0.2, 0.25) is 0 Å². The Morgan fingerprint density at radius 2 is 1.92 bits per heavy atom. The van der Waals surface area contributed by atoms with Gasteiger partial charge in [-0.15, -0.1) is 5.10 Å². The lowest BCUT2D eigenvalue weighted by atomic mass is 10.2. The molecule has 4 aromatic rings. The first-order chi connectivity index (χ1) is 12.4. The number of nitrogens with zero attached hydrogens (tertiary/aromatic N) is 4. The van der Waals surface area contributed by atoms with Gasteiger partial charge in [0.25, 0.3) is 10.0 Å². The highest BCUT2D eigenvalue weighted by Gasteiger charge is 2.16. The van der Waals surface area contributed by atoms with Gasteiger partial charge in [-0.3, -0.25) is 9.71 Å². The van der Waals surface area contributed by atoms with Gasteiger partial charge < -0.3 is 4.42 Å². The third-order valence-corrected chi connectivity index (χ3v) is 5.10. The lowest BCUT2D eigenvalue weighted by molar-refractivity contribution is 0.554. The van der Waals surface area contributed by atoms with Crippen LogP contribution in [-0.2, 0) is 17.1 Å². The van der Waals surface area contributed by atoms with Gasteiger partial charge in [-0.2, -0.15) is 0 Å². The SMILES string of the molecule is Cn1nnnc1-c1ccc(NS(=O)(=O)c2ccc3[nH]c(=O)oc3c2)cc1. The molecule has 10 nitrogen and oxygen atoms in total. The van der Waals surface area contributed by atoms with Crippen molar-refractivity contribution in [1.82, 2.24) is 25.2 Å². The normalized spacial score (nSPS) is 11.7. The van der Waals surface area contributed by atoms with Gasteiger partial charge in [-0.25, -0.2) is 17.9 Å². The highest BCUT2D eigenvalue weighted by molar-refractivity contribution is 7.92. The van der Waals surface area contributed by atoms with Crippen molar-refractivity contribution in [2.45, 2.75) is 4.90 Å². The van der Waals surface area contributed by atoms with Gasteiger partial charge in [-0.05, 0) is 46.8 Å². The molecule has 0 saturated heterocycles. The summed E-state index contributed by atoms with van der Waals surface area (Å²) in [6.45, 7) is 0. The van der Waals surface area contributed by atoms with Crippen LogP contribution in [0.25, 0.3) is 22.5 Å². The lowest BCUT2D eigenvalue weighted by Crippen LogP contribution is -2.12. The number of aromatic amines is 1. The van der Waals surface area contributed by atoms with Crippen molar-refractivity contribution >= 4 is 26.8 Å². The maximum Gasteiger partial charge on any atom is 0.417 e. The van der Waals surface area contributed by atoms with Gasteiger partial charge >= 0.3 is 5.76 Å². The standard InChI is InChI=1S/C15H12N6O4S/c1-21-14(17-19-20-21)9-2-4-10(5-3-9)18-26(23,24)11-6-7-12-13(8-11)25-15(22)16-12/h2-8,18H,1H3,(H,16,22). The van der Waals surface area contributed by atoms with Crippen molar-refractivity contribution in [3.8, 4) is 11.4 Å². The molecule has 132 valence electrons. The van der Waals surface area contributed by atoms with Crippen LogP contribution in [0.2, 0.25) is 0 Å². The van der Waals surface area contributed by atoms with Crippen LogP contribution in [0.1, 0.15) is 0 Å². The summed E-state index contributed by atoms with van der Waals surface area (Å²) in [6, 6.07) is 10.8. The second kappa shape index (κ2) is 5.81. The van der Waals surface area contributed by atoms with E-state index in [2.05, 4.69) is 25.2 Å². The molecule has 2 aromatic carbocycles. The summed E-state index contributed by atoms with van der Waals surface area (Å²) in [6.07, 6.45) is 0. The zero-order valence-corrected chi connectivity index (χ0v) is 14.2. The number of H-pyrrole nitrogens is 1. The van der Waals surface area contributed by atoms with Crippen molar-refractivity contribution in [2.24, 2.45) is 7.05 Å². The van der Waals surface area contributed by atoms with Crippen molar-refractivity contribution in [3.63, 3.8) is 0 Å². The van der Waals surface area contributed by atoms with Gasteiger partial charge in [0.05, 0.1) is 10.4 Å². The predicted molar refractivity (Wildman–Crippen MR) is 91.9 cm³/mol. The predicted octanol–water partition coefficient (Wildman–Crippen LogP) is 1.11. The first-order valence-electron chi connectivity index (χ1n) is 7.41. The molecule has 0 spiro atoms. The Morgan fingerprint density at radius 3 is 2.62 bits per heavy atom. The summed E-state index contributed by atoms with van der Waals surface area (Å²) in [5, 5.41) is 11.2. The molecular weight excluding hydrogens is 360 g/mol. The summed E-state index contributed by atoms with van der Waals surface area (Å²) in [7, 11) is -2.13. The fourth-order valence-corrected chi connectivity index (χ4v) is 3.54. The van der Waals surface area contributed by atoms with Crippen LogP contribution in [0.15, 0.2) is 56.6 Å². The highest BCUT2D eigenvalue weighted by Crippen LogP contribution is 2.22. The Hall–Kier alpha value is -3.47. The van der Waals surface area contributed by atoms with Crippen LogP contribution in [-0.4, -0.2) is 33.6 Å². The smallest absolute Gasteiger partial charge is 0.408 e. The molecule has 2 aromatic heterocycles. The zero-order chi connectivity index (χ0) is 18.3. The molecule has 0 aliphatic heterocycles. The van der Waals surface area contributed by atoms with Crippen LogP contribution in [0, 0.1) is 0 Å². The van der Waals surface area contributed by atoms with Crippen molar-refractivity contribution < 1.29 is 12.8 Å². The number of oxazole rings is 1. The zero-order valence-electron chi connectivity index (χ0n) is 13.4. The largest absolute Gasteiger partial charge is 0.417 e. The van der Waals surface area contributed by atoms with E-state index >= 15 is 0 Å². The molecule has 11 heteroatoms. The minimum absolute atomic E-state index is 0.0191. The van der Waals surface area contributed by atoms with E-state index in [1.54, 1.807) is 31.3 Å². The maximum absolute atomic E-state index is 12.5. The van der Waals surface area contributed by atoms with E-state index in [0.29, 0.717) is 17.0 Å². The Bertz CT molecular complexity index is 1250. The summed E-state index contributed by atoms with van der Waals surface area (Å²) in [5.74, 6) is -0.0799. The molecule has 0 aliphatic carbocycles. The van der Waals surface area contributed by atoms with Crippen LogP contribution in [0.3, 0.4) is 0 Å². The Labute approximate surface area is 146 Å². The van der Waals surface area contributed by atoms with Gasteiger partial charge in [-0.1, -0.05) is 0 Å². The number of hydrogen-bond donors (Lipinski definition) is 2. The van der Waals surface area contributed by atoms with Crippen LogP contribution < -0.4 is 10.5 Å². The van der Waals surface area contributed by atoms with E-state index in [1.165, 1.54) is 22.9 Å². The molecular formula is C15H12N6O4S. The first-order valence-corrected chi connectivity index (χ1v) is 8.89. The Morgan fingerprint density at radius 1 is 1.15 bits per heavy atom. The summed E-state index contributed by atoms with van der Waals surface area (Å²) < 4.78 is 34.0.